The smallest absolute Gasteiger partial charge is 0.227 e. The van der Waals surface area contributed by atoms with Gasteiger partial charge in [0.05, 0.1) is 11.5 Å². The van der Waals surface area contributed by atoms with Crippen LogP contribution in [0.2, 0.25) is 0 Å². The van der Waals surface area contributed by atoms with Gasteiger partial charge in [-0.2, -0.15) is 0 Å². The summed E-state index contributed by atoms with van der Waals surface area (Å²) in [7, 11) is 0. The molecule has 104 valence electrons. The van der Waals surface area contributed by atoms with Crippen molar-refractivity contribution < 1.29 is 4.79 Å². The van der Waals surface area contributed by atoms with Gasteiger partial charge in [-0.25, -0.2) is 0 Å². The second-order valence-corrected chi connectivity index (χ2v) is 6.58. The second-order valence-electron chi connectivity index (χ2n) is 5.66. The molecule has 19 heavy (non-hydrogen) atoms. The fourth-order valence-electron chi connectivity index (χ4n) is 2.67. The van der Waals surface area contributed by atoms with E-state index in [0.29, 0.717) is 0 Å². The van der Waals surface area contributed by atoms with Gasteiger partial charge in [0.15, 0.2) is 0 Å². The third-order valence-corrected chi connectivity index (χ3v) is 4.79. The van der Waals surface area contributed by atoms with Crippen LogP contribution >= 0.6 is 15.9 Å². The first-order valence-electron chi connectivity index (χ1n) is 6.75. The van der Waals surface area contributed by atoms with Crippen molar-refractivity contribution in [2.24, 2.45) is 11.1 Å². The molecule has 1 saturated carbocycles. The van der Waals surface area contributed by atoms with Crippen LogP contribution in [0.3, 0.4) is 0 Å². The summed E-state index contributed by atoms with van der Waals surface area (Å²) in [5.74, 6) is 0.0768. The average molecular weight is 325 g/mol. The Labute approximate surface area is 123 Å². The molecule has 3 nitrogen and oxygen atoms in total. The van der Waals surface area contributed by atoms with Crippen molar-refractivity contribution in [1.82, 2.24) is 5.32 Å². The standard InChI is InChI=1S/C15H21BrN2O/c1-10(11-5-7-12(16)8-6-11)18-14(19)15(2)9-3-4-13(15)17/h5-8,10,13H,3-4,9,17H2,1-2H3,(H,18,19)/t10-,13?,15?/m1/s1. The molecule has 4 heteroatoms. The van der Waals surface area contributed by atoms with Crippen LogP contribution in [0.1, 0.15) is 44.7 Å². The summed E-state index contributed by atoms with van der Waals surface area (Å²) in [6, 6.07) is 8.00. The molecule has 1 aliphatic carbocycles. The Morgan fingerprint density at radius 2 is 2.11 bits per heavy atom. The Hall–Kier alpha value is -0.870. The summed E-state index contributed by atoms with van der Waals surface area (Å²) in [5, 5.41) is 3.09. The van der Waals surface area contributed by atoms with Crippen LogP contribution in [0.25, 0.3) is 0 Å². The van der Waals surface area contributed by atoms with Crippen molar-refractivity contribution in [1.29, 1.82) is 0 Å². The van der Waals surface area contributed by atoms with E-state index < -0.39 is 5.41 Å². The Balaban J connectivity index is 2.04. The summed E-state index contributed by atoms with van der Waals surface area (Å²) in [4.78, 5) is 12.4. The molecule has 3 N–H and O–H groups in total. The average Bonchev–Trinajstić information content (AvgIpc) is 2.71. The van der Waals surface area contributed by atoms with Gasteiger partial charge in [-0.15, -0.1) is 0 Å². The van der Waals surface area contributed by atoms with E-state index >= 15 is 0 Å². The van der Waals surface area contributed by atoms with Gasteiger partial charge < -0.3 is 11.1 Å². The lowest BCUT2D eigenvalue weighted by atomic mass is 9.84. The maximum atomic E-state index is 12.4. The predicted octanol–water partition coefficient (Wildman–Crippen LogP) is 3.14. The Morgan fingerprint density at radius 3 is 2.63 bits per heavy atom. The van der Waals surface area contributed by atoms with E-state index in [9.17, 15) is 4.79 Å². The fraction of sp³-hybridized carbons (Fsp3) is 0.533. The lowest BCUT2D eigenvalue weighted by Gasteiger charge is -2.29. The van der Waals surface area contributed by atoms with Crippen molar-refractivity contribution in [3.8, 4) is 0 Å². The highest BCUT2D eigenvalue weighted by Crippen LogP contribution is 2.37. The largest absolute Gasteiger partial charge is 0.349 e. The highest BCUT2D eigenvalue weighted by atomic mass is 79.9. The first-order chi connectivity index (χ1) is 8.93. The summed E-state index contributed by atoms with van der Waals surface area (Å²) < 4.78 is 1.04. The molecule has 0 aliphatic heterocycles. The minimum Gasteiger partial charge on any atom is -0.349 e. The quantitative estimate of drug-likeness (QED) is 0.897. The van der Waals surface area contributed by atoms with Crippen LogP contribution in [-0.4, -0.2) is 11.9 Å². The predicted molar refractivity (Wildman–Crippen MR) is 80.6 cm³/mol. The van der Waals surface area contributed by atoms with Crippen LogP contribution < -0.4 is 11.1 Å². The lowest BCUT2D eigenvalue weighted by molar-refractivity contribution is -0.131. The number of carbonyl (C=O) groups excluding carboxylic acids is 1. The third kappa shape index (κ3) is 3.00. The van der Waals surface area contributed by atoms with Gasteiger partial charge in [0.2, 0.25) is 5.91 Å². The zero-order valence-corrected chi connectivity index (χ0v) is 13.0. The lowest BCUT2D eigenvalue weighted by Crippen LogP contribution is -2.47. The fourth-order valence-corrected chi connectivity index (χ4v) is 2.94. The molecule has 1 fully saturated rings. The maximum Gasteiger partial charge on any atom is 0.227 e. The van der Waals surface area contributed by atoms with Gasteiger partial charge >= 0.3 is 0 Å². The number of nitrogens with two attached hydrogens (primary N) is 1. The van der Waals surface area contributed by atoms with E-state index in [2.05, 4.69) is 21.2 Å². The van der Waals surface area contributed by atoms with Crippen LogP contribution in [0.4, 0.5) is 0 Å². The molecule has 0 bridgehead atoms. The molecule has 1 aromatic rings. The molecule has 2 unspecified atom stereocenters. The molecular weight excluding hydrogens is 304 g/mol. The highest BCUT2D eigenvalue weighted by Gasteiger charge is 2.43. The van der Waals surface area contributed by atoms with Crippen molar-refractivity contribution in [2.75, 3.05) is 0 Å². The van der Waals surface area contributed by atoms with Crippen LogP contribution in [0.15, 0.2) is 28.7 Å². The van der Waals surface area contributed by atoms with Crippen LogP contribution in [-0.2, 0) is 4.79 Å². The molecule has 2 rings (SSSR count). The number of hydrogen-bond acceptors (Lipinski definition) is 2. The van der Waals surface area contributed by atoms with E-state index in [4.69, 9.17) is 5.73 Å². The van der Waals surface area contributed by atoms with Gasteiger partial charge in [-0.3, -0.25) is 4.79 Å². The summed E-state index contributed by atoms with van der Waals surface area (Å²) in [6.45, 7) is 3.99. The molecular formula is C15H21BrN2O. The van der Waals surface area contributed by atoms with E-state index in [0.717, 1.165) is 29.3 Å². The Kier molecular flexibility index (Phi) is 4.31. The minimum atomic E-state index is -0.413. The molecule has 0 aromatic heterocycles. The first-order valence-corrected chi connectivity index (χ1v) is 7.55. The van der Waals surface area contributed by atoms with Gasteiger partial charge in [-0.05, 0) is 44.4 Å². The van der Waals surface area contributed by atoms with E-state index in [-0.39, 0.29) is 18.0 Å². The Bertz CT molecular complexity index is 460. The number of halogens is 1. The zero-order valence-electron chi connectivity index (χ0n) is 11.4. The first kappa shape index (κ1) is 14.5. The van der Waals surface area contributed by atoms with Crippen molar-refractivity contribution in [3.63, 3.8) is 0 Å². The van der Waals surface area contributed by atoms with Crippen molar-refractivity contribution in [3.05, 3.63) is 34.3 Å². The highest BCUT2D eigenvalue weighted by molar-refractivity contribution is 9.10. The number of benzene rings is 1. The summed E-state index contributed by atoms with van der Waals surface area (Å²) in [6.07, 6.45) is 2.86. The molecule has 0 saturated heterocycles. The van der Waals surface area contributed by atoms with E-state index in [1.807, 2.05) is 38.1 Å². The minimum absolute atomic E-state index is 0.00484. The van der Waals surface area contributed by atoms with Gasteiger partial charge in [0.25, 0.3) is 0 Å². The molecule has 1 aromatic carbocycles. The van der Waals surface area contributed by atoms with E-state index in [1.54, 1.807) is 0 Å². The molecule has 0 radical (unpaired) electrons. The van der Waals surface area contributed by atoms with Crippen molar-refractivity contribution in [2.45, 2.75) is 45.2 Å². The normalized spacial score (nSPS) is 28.1. The molecule has 0 spiro atoms. The monoisotopic (exact) mass is 324 g/mol. The number of hydrogen-bond donors (Lipinski definition) is 2. The summed E-state index contributed by atoms with van der Waals surface area (Å²) >= 11 is 3.41. The number of amides is 1. The SMILES string of the molecule is C[C@@H](NC(=O)C1(C)CCCC1N)c1ccc(Br)cc1. The number of nitrogens with one attached hydrogen (secondary N) is 1. The molecule has 1 aliphatic rings. The molecule has 3 atom stereocenters. The van der Waals surface area contributed by atoms with Crippen molar-refractivity contribution >= 4 is 21.8 Å². The number of rotatable bonds is 3. The molecule has 1 amide bonds. The molecule has 0 heterocycles. The summed E-state index contributed by atoms with van der Waals surface area (Å²) in [5.41, 5.74) is 6.77. The van der Waals surface area contributed by atoms with Crippen LogP contribution in [0, 0.1) is 5.41 Å². The number of carbonyl (C=O) groups is 1. The Morgan fingerprint density at radius 1 is 1.47 bits per heavy atom. The van der Waals surface area contributed by atoms with Gasteiger partial charge in [0.1, 0.15) is 0 Å². The van der Waals surface area contributed by atoms with Crippen LogP contribution in [0.5, 0.6) is 0 Å². The maximum absolute atomic E-state index is 12.4. The topological polar surface area (TPSA) is 55.1 Å². The second kappa shape index (κ2) is 5.63. The zero-order chi connectivity index (χ0) is 14.0. The van der Waals surface area contributed by atoms with E-state index in [1.165, 1.54) is 0 Å². The van der Waals surface area contributed by atoms with Gasteiger partial charge in [0, 0.05) is 10.5 Å². The van der Waals surface area contributed by atoms with Gasteiger partial charge in [-0.1, -0.05) is 34.5 Å². The third-order valence-electron chi connectivity index (χ3n) is 4.27.